The standard InChI is InChI=1S/C30H31F2N5O5/c1-18(19-5-7-20(31)8-6-19)35-30(38)36-21-9-10-24(22(32)15-21)42-29-26-23(33-17-34-29)16-25(39-12-4-11-37(2)3)27-28(26)41-14-13-40-27/h5-10,15-18H,4,11-14H2,1-3H3,(H2,35,36,38). The number of ether oxygens (including phenoxy) is 4. The van der Waals surface area contributed by atoms with Gasteiger partial charge in [0.1, 0.15) is 30.7 Å². The van der Waals surface area contributed by atoms with Gasteiger partial charge in [0.25, 0.3) is 0 Å². The summed E-state index contributed by atoms with van der Waals surface area (Å²) in [6, 6.07) is 10.6. The molecule has 1 atom stereocenters. The highest BCUT2D eigenvalue weighted by atomic mass is 19.1. The van der Waals surface area contributed by atoms with Crippen molar-refractivity contribution in [3.8, 4) is 28.9 Å². The molecule has 220 valence electrons. The largest absolute Gasteiger partial charge is 0.489 e. The summed E-state index contributed by atoms with van der Waals surface area (Å²) in [6.45, 7) is 3.74. The molecule has 0 fully saturated rings. The molecule has 42 heavy (non-hydrogen) atoms. The molecule has 0 saturated heterocycles. The summed E-state index contributed by atoms with van der Waals surface area (Å²) in [7, 11) is 3.99. The molecule has 1 aliphatic rings. The number of carbonyl (C=O) groups excluding carboxylic acids is 1. The molecule has 3 aromatic carbocycles. The van der Waals surface area contributed by atoms with Crippen LogP contribution in [0.4, 0.5) is 19.3 Å². The normalized spacial score (nSPS) is 13.1. The van der Waals surface area contributed by atoms with Crippen molar-refractivity contribution in [3.63, 3.8) is 0 Å². The second kappa shape index (κ2) is 12.9. The van der Waals surface area contributed by atoms with E-state index in [1.807, 2.05) is 14.1 Å². The van der Waals surface area contributed by atoms with E-state index in [1.165, 1.54) is 30.6 Å². The van der Waals surface area contributed by atoms with Gasteiger partial charge in [-0.25, -0.2) is 23.5 Å². The number of halogens is 2. The SMILES string of the molecule is CC(NC(=O)Nc1ccc(Oc2ncnc3cc(OCCCN(C)C)c4c(c23)OCCO4)c(F)c1)c1ccc(F)cc1. The van der Waals surface area contributed by atoms with E-state index in [4.69, 9.17) is 18.9 Å². The van der Waals surface area contributed by atoms with Crippen molar-refractivity contribution >= 4 is 22.6 Å². The van der Waals surface area contributed by atoms with Gasteiger partial charge in [-0.3, -0.25) is 0 Å². The van der Waals surface area contributed by atoms with Crippen molar-refractivity contribution in [1.82, 2.24) is 20.2 Å². The lowest BCUT2D eigenvalue weighted by atomic mass is 10.1. The van der Waals surface area contributed by atoms with Gasteiger partial charge in [0.15, 0.2) is 23.1 Å². The number of nitrogens with one attached hydrogen (secondary N) is 2. The first-order valence-electron chi connectivity index (χ1n) is 13.4. The maximum Gasteiger partial charge on any atom is 0.319 e. The first-order valence-corrected chi connectivity index (χ1v) is 13.4. The van der Waals surface area contributed by atoms with Crippen LogP contribution in [0.1, 0.15) is 24.9 Å². The minimum atomic E-state index is -0.724. The zero-order valence-corrected chi connectivity index (χ0v) is 23.4. The molecule has 0 spiro atoms. The van der Waals surface area contributed by atoms with Crippen LogP contribution in [0.25, 0.3) is 10.9 Å². The minimum Gasteiger partial charge on any atom is -0.489 e. The van der Waals surface area contributed by atoms with Crippen LogP contribution in [0, 0.1) is 11.6 Å². The number of fused-ring (bicyclic) bond motifs is 3. The number of benzene rings is 3. The molecule has 5 rings (SSSR count). The lowest BCUT2D eigenvalue weighted by Gasteiger charge is -2.23. The fourth-order valence-electron chi connectivity index (χ4n) is 4.39. The maximum absolute atomic E-state index is 15.1. The van der Waals surface area contributed by atoms with Gasteiger partial charge in [-0.1, -0.05) is 12.1 Å². The van der Waals surface area contributed by atoms with Gasteiger partial charge < -0.3 is 34.5 Å². The van der Waals surface area contributed by atoms with Gasteiger partial charge in [-0.2, -0.15) is 0 Å². The number of carbonyl (C=O) groups is 1. The number of rotatable bonds is 10. The number of hydrogen-bond donors (Lipinski definition) is 2. The Balaban J connectivity index is 1.32. The van der Waals surface area contributed by atoms with E-state index in [1.54, 1.807) is 25.1 Å². The third-order valence-corrected chi connectivity index (χ3v) is 6.46. The van der Waals surface area contributed by atoms with Crippen LogP contribution >= 0.6 is 0 Å². The van der Waals surface area contributed by atoms with Crippen molar-refractivity contribution in [2.75, 3.05) is 45.8 Å². The van der Waals surface area contributed by atoms with Crippen LogP contribution < -0.4 is 29.6 Å². The van der Waals surface area contributed by atoms with Crippen molar-refractivity contribution in [3.05, 3.63) is 72.1 Å². The van der Waals surface area contributed by atoms with Gasteiger partial charge in [0.2, 0.25) is 11.6 Å². The number of anilines is 1. The Morgan fingerprint density at radius 3 is 2.52 bits per heavy atom. The third-order valence-electron chi connectivity index (χ3n) is 6.46. The van der Waals surface area contributed by atoms with E-state index in [0.29, 0.717) is 48.0 Å². The highest BCUT2D eigenvalue weighted by Crippen LogP contribution is 2.48. The molecule has 4 aromatic rings. The van der Waals surface area contributed by atoms with E-state index >= 15 is 4.39 Å². The third kappa shape index (κ3) is 6.77. The van der Waals surface area contributed by atoms with Crippen LogP contribution in [0.5, 0.6) is 28.9 Å². The summed E-state index contributed by atoms with van der Waals surface area (Å²) in [5.74, 6) is 0.143. The molecule has 12 heteroatoms. The van der Waals surface area contributed by atoms with E-state index in [2.05, 4.69) is 25.5 Å². The van der Waals surface area contributed by atoms with Crippen molar-refractivity contribution in [1.29, 1.82) is 0 Å². The second-order valence-electron chi connectivity index (χ2n) is 9.93. The van der Waals surface area contributed by atoms with Crippen molar-refractivity contribution < 1.29 is 32.5 Å². The average molecular weight is 580 g/mol. The van der Waals surface area contributed by atoms with Crippen molar-refractivity contribution in [2.24, 2.45) is 0 Å². The van der Waals surface area contributed by atoms with Crippen LogP contribution in [0.2, 0.25) is 0 Å². The lowest BCUT2D eigenvalue weighted by molar-refractivity contribution is 0.163. The minimum absolute atomic E-state index is 0.0754. The number of hydrogen-bond acceptors (Lipinski definition) is 8. The molecular weight excluding hydrogens is 548 g/mol. The van der Waals surface area contributed by atoms with Crippen molar-refractivity contribution in [2.45, 2.75) is 19.4 Å². The Bertz CT molecular complexity index is 1570. The van der Waals surface area contributed by atoms with Gasteiger partial charge in [-0.05, 0) is 57.3 Å². The summed E-state index contributed by atoms with van der Waals surface area (Å²) in [4.78, 5) is 23.1. The first kappa shape index (κ1) is 28.8. The first-order chi connectivity index (χ1) is 20.3. The molecule has 1 aliphatic heterocycles. The summed E-state index contributed by atoms with van der Waals surface area (Å²) in [5.41, 5.74) is 1.41. The topological polar surface area (TPSA) is 107 Å². The molecule has 2 amide bonds. The molecule has 0 radical (unpaired) electrons. The zero-order valence-electron chi connectivity index (χ0n) is 23.4. The summed E-state index contributed by atoms with van der Waals surface area (Å²) >= 11 is 0. The zero-order chi connectivity index (χ0) is 29.6. The number of aromatic nitrogens is 2. The van der Waals surface area contributed by atoms with E-state index in [-0.39, 0.29) is 23.1 Å². The fourth-order valence-corrected chi connectivity index (χ4v) is 4.39. The molecule has 2 N–H and O–H groups in total. The Labute approximate surface area is 241 Å². The smallest absolute Gasteiger partial charge is 0.319 e. The molecule has 1 unspecified atom stereocenters. The predicted octanol–water partition coefficient (Wildman–Crippen LogP) is 5.68. The molecule has 1 aromatic heterocycles. The molecule has 0 bridgehead atoms. The monoisotopic (exact) mass is 579 g/mol. The number of amides is 2. The molecular formula is C30H31F2N5O5. The van der Waals surface area contributed by atoms with Gasteiger partial charge in [0, 0.05) is 24.4 Å². The maximum atomic E-state index is 15.1. The Morgan fingerprint density at radius 1 is 1.02 bits per heavy atom. The predicted molar refractivity (Wildman–Crippen MR) is 153 cm³/mol. The molecule has 0 saturated carbocycles. The molecule has 10 nitrogen and oxygen atoms in total. The van der Waals surface area contributed by atoms with E-state index in [0.717, 1.165) is 24.6 Å². The van der Waals surface area contributed by atoms with Gasteiger partial charge >= 0.3 is 6.03 Å². The summed E-state index contributed by atoms with van der Waals surface area (Å²) in [6.07, 6.45) is 2.13. The van der Waals surface area contributed by atoms with Crippen LogP contribution in [0.15, 0.2) is 54.9 Å². The number of urea groups is 1. The quantitative estimate of drug-likeness (QED) is 0.231. The van der Waals surface area contributed by atoms with Gasteiger partial charge in [-0.15, -0.1) is 0 Å². The van der Waals surface area contributed by atoms with Crippen LogP contribution in [-0.2, 0) is 0 Å². The highest BCUT2D eigenvalue weighted by Gasteiger charge is 2.26. The molecule has 2 heterocycles. The molecule has 0 aliphatic carbocycles. The van der Waals surface area contributed by atoms with Gasteiger partial charge in [0.05, 0.1) is 18.2 Å². The highest BCUT2D eigenvalue weighted by molar-refractivity contribution is 5.94. The van der Waals surface area contributed by atoms with Crippen LogP contribution in [-0.4, -0.2) is 61.4 Å². The summed E-state index contributed by atoms with van der Waals surface area (Å²) in [5, 5.41) is 5.74. The average Bonchev–Trinajstić information content (AvgIpc) is 2.96. The fraction of sp³-hybridized carbons (Fsp3) is 0.300. The second-order valence-corrected chi connectivity index (χ2v) is 9.93. The van der Waals surface area contributed by atoms with E-state index < -0.39 is 17.9 Å². The Hall–Kier alpha value is -4.71. The van der Waals surface area contributed by atoms with Crippen LogP contribution in [0.3, 0.4) is 0 Å². The lowest BCUT2D eigenvalue weighted by Crippen LogP contribution is -2.31. The van der Waals surface area contributed by atoms with E-state index in [9.17, 15) is 9.18 Å². The summed E-state index contributed by atoms with van der Waals surface area (Å²) < 4.78 is 52.0. The Kier molecular flexibility index (Phi) is 8.82. The Morgan fingerprint density at radius 2 is 1.79 bits per heavy atom. The number of nitrogens with zero attached hydrogens (tertiary/aromatic N) is 3.